The average Bonchev–Trinajstić information content (AvgIpc) is 2.70. The molecule has 0 spiro atoms. The van der Waals surface area contributed by atoms with Crippen molar-refractivity contribution in [3.8, 4) is 0 Å². The Labute approximate surface area is 177 Å². The van der Waals surface area contributed by atoms with Crippen molar-refractivity contribution in [1.29, 1.82) is 0 Å². The lowest BCUT2D eigenvalue weighted by Crippen LogP contribution is -2.14. The lowest BCUT2D eigenvalue weighted by atomic mass is 9.95. The summed E-state index contributed by atoms with van der Waals surface area (Å²) in [4.78, 5) is 12.1. The molecule has 0 bridgehead atoms. The first-order valence-corrected chi connectivity index (χ1v) is 12.9. The molecule has 0 heterocycles. The van der Waals surface area contributed by atoms with Gasteiger partial charge < -0.3 is 4.74 Å². The minimum atomic E-state index is 0.0371. The van der Waals surface area contributed by atoms with E-state index in [1.54, 1.807) is 0 Å². The zero-order chi connectivity index (χ0) is 20.7. The van der Waals surface area contributed by atoms with Crippen molar-refractivity contribution in [1.82, 2.24) is 0 Å². The van der Waals surface area contributed by atoms with Crippen LogP contribution in [0.15, 0.2) is 0 Å². The van der Waals surface area contributed by atoms with Crippen molar-refractivity contribution in [3.63, 3.8) is 0 Å². The van der Waals surface area contributed by atoms with Gasteiger partial charge in [0.05, 0.1) is 6.61 Å². The van der Waals surface area contributed by atoms with E-state index in [9.17, 15) is 4.79 Å². The molecule has 0 aromatic heterocycles. The largest absolute Gasteiger partial charge is 0.465 e. The van der Waals surface area contributed by atoms with Crippen LogP contribution in [0.3, 0.4) is 0 Å². The van der Waals surface area contributed by atoms with E-state index in [1.165, 1.54) is 116 Å². The van der Waals surface area contributed by atoms with E-state index in [-0.39, 0.29) is 5.97 Å². The Balaban J connectivity index is 3.76. The van der Waals surface area contributed by atoms with E-state index in [1.807, 2.05) is 0 Å². The van der Waals surface area contributed by atoms with Crippen molar-refractivity contribution >= 4 is 5.97 Å². The third-order valence-corrected chi connectivity index (χ3v) is 5.90. The number of esters is 1. The van der Waals surface area contributed by atoms with Gasteiger partial charge in [-0.2, -0.15) is 0 Å². The fraction of sp³-hybridized carbons (Fsp3) is 0.962. The fourth-order valence-electron chi connectivity index (χ4n) is 3.89. The monoisotopic (exact) mass is 396 g/mol. The average molecular weight is 397 g/mol. The highest BCUT2D eigenvalue weighted by Gasteiger charge is 2.12. The second kappa shape index (κ2) is 22.8. The summed E-state index contributed by atoms with van der Waals surface area (Å²) in [5, 5.41) is 0. The highest BCUT2D eigenvalue weighted by Crippen LogP contribution is 2.19. The van der Waals surface area contributed by atoms with Gasteiger partial charge in [-0.15, -0.1) is 0 Å². The summed E-state index contributed by atoms with van der Waals surface area (Å²) in [6.45, 7) is 7.45. The molecular formula is C26H52O2. The van der Waals surface area contributed by atoms with Gasteiger partial charge in [0.25, 0.3) is 0 Å². The zero-order valence-corrected chi connectivity index (χ0v) is 19.7. The number of hydrogen-bond donors (Lipinski definition) is 0. The van der Waals surface area contributed by atoms with Gasteiger partial charge >= 0.3 is 5.97 Å². The van der Waals surface area contributed by atoms with Gasteiger partial charge in [-0.05, 0) is 25.2 Å². The Morgan fingerprint density at radius 2 is 0.964 bits per heavy atom. The van der Waals surface area contributed by atoms with Gasteiger partial charge in [-0.3, -0.25) is 4.79 Å². The summed E-state index contributed by atoms with van der Waals surface area (Å²) in [5.74, 6) is 0.621. The van der Waals surface area contributed by atoms with Crippen LogP contribution in [-0.4, -0.2) is 12.6 Å². The van der Waals surface area contributed by atoms with E-state index < -0.39 is 0 Å². The molecule has 28 heavy (non-hydrogen) atoms. The van der Waals surface area contributed by atoms with Crippen LogP contribution in [0.1, 0.15) is 149 Å². The summed E-state index contributed by atoms with van der Waals surface area (Å²) in [5.41, 5.74) is 0. The standard InChI is InChI=1S/C26H52O2/c1-4-7-10-13-14-15-16-17-20-23-26(27)28-24-25(21-18-11-8-5-2)22-19-12-9-6-3/h25H,4-24H2,1-3H3. The van der Waals surface area contributed by atoms with Gasteiger partial charge in [-0.25, -0.2) is 0 Å². The molecule has 0 aliphatic rings. The number of carbonyl (C=O) groups excluding carboxylic acids is 1. The van der Waals surface area contributed by atoms with E-state index in [0.29, 0.717) is 18.9 Å². The molecular weight excluding hydrogens is 344 g/mol. The van der Waals surface area contributed by atoms with Gasteiger partial charge in [0.15, 0.2) is 0 Å². The van der Waals surface area contributed by atoms with Crippen molar-refractivity contribution < 1.29 is 9.53 Å². The van der Waals surface area contributed by atoms with Crippen LogP contribution in [0.2, 0.25) is 0 Å². The first-order valence-electron chi connectivity index (χ1n) is 12.9. The van der Waals surface area contributed by atoms with Crippen molar-refractivity contribution in [2.75, 3.05) is 6.61 Å². The third-order valence-electron chi connectivity index (χ3n) is 5.90. The number of ether oxygens (including phenoxy) is 1. The van der Waals surface area contributed by atoms with Crippen molar-refractivity contribution in [2.24, 2.45) is 5.92 Å². The first-order chi connectivity index (χ1) is 13.7. The van der Waals surface area contributed by atoms with Gasteiger partial charge in [0, 0.05) is 6.42 Å². The van der Waals surface area contributed by atoms with Crippen molar-refractivity contribution in [2.45, 2.75) is 149 Å². The Kier molecular flexibility index (Phi) is 22.3. The molecule has 0 aromatic rings. The van der Waals surface area contributed by atoms with E-state index in [0.717, 1.165) is 6.42 Å². The number of rotatable bonds is 22. The molecule has 0 aromatic carbocycles. The summed E-state index contributed by atoms with van der Waals surface area (Å²) in [7, 11) is 0. The Bertz CT molecular complexity index is 302. The van der Waals surface area contributed by atoms with Crippen LogP contribution < -0.4 is 0 Å². The van der Waals surface area contributed by atoms with Crippen LogP contribution in [0.25, 0.3) is 0 Å². The minimum Gasteiger partial charge on any atom is -0.465 e. The van der Waals surface area contributed by atoms with Gasteiger partial charge in [0.2, 0.25) is 0 Å². The molecule has 2 nitrogen and oxygen atoms in total. The predicted octanol–water partition coefficient (Wildman–Crippen LogP) is 9.01. The molecule has 0 unspecified atom stereocenters. The molecule has 0 radical (unpaired) electrons. The molecule has 2 heteroatoms. The maximum absolute atomic E-state index is 12.1. The van der Waals surface area contributed by atoms with Crippen LogP contribution in [-0.2, 0) is 9.53 Å². The number of hydrogen-bond acceptors (Lipinski definition) is 2. The molecule has 0 atom stereocenters. The molecule has 0 fully saturated rings. The maximum Gasteiger partial charge on any atom is 0.305 e. The zero-order valence-electron chi connectivity index (χ0n) is 19.7. The topological polar surface area (TPSA) is 26.3 Å². The van der Waals surface area contributed by atoms with Gasteiger partial charge in [-0.1, -0.05) is 124 Å². The molecule has 0 N–H and O–H groups in total. The van der Waals surface area contributed by atoms with Crippen LogP contribution >= 0.6 is 0 Å². The smallest absolute Gasteiger partial charge is 0.305 e. The lowest BCUT2D eigenvalue weighted by Gasteiger charge is -2.17. The quantitative estimate of drug-likeness (QED) is 0.135. The summed E-state index contributed by atoms with van der Waals surface area (Å²) in [6, 6.07) is 0. The second-order valence-electron chi connectivity index (χ2n) is 8.83. The van der Waals surface area contributed by atoms with Crippen LogP contribution in [0, 0.1) is 5.92 Å². The molecule has 0 aliphatic heterocycles. The van der Waals surface area contributed by atoms with E-state index >= 15 is 0 Å². The summed E-state index contributed by atoms with van der Waals surface area (Å²) < 4.78 is 5.65. The van der Waals surface area contributed by atoms with E-state index in [2.05, 4.69) is 20.8 Å². The molecule has 0 saturated carbocycles. The highest BCUT2D eigenvalue weighted by molar-refractivity contribution is 5.69. The maximum atomic E-state index is 12.1. The van der Waals surface area contributed by atoms with Crippen molar-refractivity contribution in [3.05, 3.63) is 0 Å². The SMILES string of the molecule is CCCCCCCCCCCC(=O)OCC(CCCCCC)CCCCCC. The minimum absolute atomic E-state index is 0.0371. The van der Waals surface area contributed by atoms with Crippen LogP contribution in [0.5, 0.6) is 0 Å². The van der Waals surface area contributed by atoms with E-state index in [4.69, 9.17) is 4.74 Å². The molecule has 0 aliphatic carbocycles. The highest BCUT2D eigenvalue weighted by atomic mass is 16.5. The first kappa shape index (κ1) is 27.5. The summed E-state index contributed by atoms with van der Waals surface area (Å²) in [6.07, 6.45) is 25.2. The Morgan fingerprint density at radius 3 is 1.43 bits per heavy atom. The lowest BCUT2D eigenvalue weighted by molar-refractivity contribution is -0.145. The van der Waals surface area contributed by atoms with Crippen LogP contribution in [0.4, 0.5) is 0 Å². The third kappa shape index (κ3) is 20.2. The number of carbonyl (C=O) groups is 1. The molecule has 0 amide bonds. The predicted molar refractivity (Wildman–Crippen MR) is 124 cm³/mol. The Morgan fingerprint density at radius 1 is 0.571 bits per heavy atom. The van der Waals surface area contributed by atoms with Gasteiger partial charge in [0.1, 0.15) is 0 Å². The second-order valence-corrected chi connectivity index (χ2v) is 8.83. The molecule has 0 rings (SSSR count). The molecule has 168 valence electrons. The Hall–Kier alpha value is -0.530. The summed E-state index contributed by atoms with van der Waals surface area (Å²) >= 11 is 0. The normalized spacial score (nSPS) is 11.3. The number of unbranched alkanes of at least 4 members (excludes halogenated alkanes) is 14. The fourth-order valence-corrected chi connectivity index (χ4v) is 3.89. The molecule has 0 saturated heterocycles.